The van der Waals surface area contributed by atoms with Crippen LogP contribution in [0.25, 0.3) is 0 Å². The second-order valence-corrected chi connectivity index (χ2v) is 4.98. The number of hydrogen-bond donors (Lipinski definition) is 1. The predicted octanol–water partition coefficient (Wildman–Crippen LogP) is 1.51. The smallest absolute Gasteiger partial charge is 0.229 e. The van der Waals surface area contributed by atoms with Crippen molar-refractivity contribution in [1.29, 1.82) is 5.26 Å². The van der Waals surface area contributed by atoms with Crippen molar-refractivity contribution in [3.05, 3.63) is 29.8 Å². The monoisotopic (exact) mass is 224 g/mol. The lowest BCUT2D eigenvalue weighted by molar-refractivity contribution is 0.607. The minimum atomic E-state index is -3.23. The first kappa shape index (κ1) is 11.5. The Balaban J connectivity index is 2.80. The summed E-state index contributed by atoms with van der Waals surface area (Å²) >= 11 is 0. The number of hydrogen-bond acceptors (Lipinski definition) is 3. The summed E-state index contributed by atoms with van der Waals surface area (Å²) < 4.78 is 24.3. The van der Waals surface area contributed by atoms with Crippen LogP contribution in [0.5, 0.6) is 0 Å². The number of nitrogens with zero attached hydrogens (tertiary/aromatic N) is 1. The van der Waals surface area contributed by atoms with E-state index in [4.69, 9.17) is 5.26 Å². The van der Waals surface area contributed by atoms with Crippen LogP contribution >= 0.6 is 0 Å². The van der Waals surface area contributed by atoms with Gasteiger partial charge in [-0.15, -0.1) is 0 Å². The number of anilines is 1. The van der Waals surface area contributed by atoms with Gasteiger partial charge < -0.3 is 0 Å². The fourth-order valence-corrected chi connectivity index (χ4v) is 1.76. The van der Waals surface area contributed by atoms with Crippen molar-refractivity contribution >= 4 is 15.7 Å². The summed E-state index contributed by atoms with van der Waals surface area (Å²) in [6.45, 7) is 0. The Morgan fingerprint density at radius 2 is 2.20 bits per heavy atom. The average molecular weight is 224 g/mol. The third-order valence-electron chi connectivity index (χ3n) is 1.76. The largest absolute Gasteiger partial charge is 0.284 e. The molecule has 0 aliphatic carbocycles. The van der Waals surface area contributed by atoms with Crippen LogP contribution in [0.1, 0.15) is 12.0 Å². The van der Waals surface area contributed by atoms with E-state index in [1.807, 2.05) is 12.1 Å². The molecule has 1 aromatic carbocycles. The Bertz CT molecular complexity index is 474. The standard InChI is InChI=1S/C10H12N2O2S/c1-15(13,14)12-10-6-2-4-9(8-10)5-3-7-11/h2,4,6,8,12H,3,5H2,1H3. The second kappa shape index (κ2) is 4.80. The fraction of sp³-hybridized carbons (Fsp3) is 0.300. The van der Waals surface area contributed by atoms with Gasteiger partial charge >= 0.3 is 0 Å². The van der Waals surface area contributed by atoms with Gasteiger partial charge in [0.25, 0.3) is 0 Å². The zero-order valence-electron chi connectivity index (χ0n) is 8.40. The van der Waals surface area contributed by atoms with Crippen LogP contribution in [0.4, 0.5) is 5.69 Å². The maximum atomic E-state index is 11.0. The van der Waals surface area contributed by atoms with Crippen molar-refractivity contribution < 1.29 is 8.42 Å². The van der Waals surface area contributed by atoms with Gasteiger partial charge in [-0.2, -0.15) is 5.26 Å². The quantitative estimate of drug-likeness (QED) is 0.842. The molecule has 0 aliphatic rings. The SMILES string of the molecule is CS(=O)(=O)Nc1cccc(CCC#N)c1. The summed E-state index contributed by atoms with van der Waals surface area (Å²) in [4.78, 5) is 0. The Labute approximate surface area is 89.6 Å². The van der Waals surface area contributed by atoms with Crippen LogP contribution in [-0.4, -0.2) is 14.7 Å². The first-order valence-corrected chi connectivity index (χ1v) is 6.34. The molecule has 4 nitrogen and oxygen atoms in total. The lowest BCUT2D eigenvalue weighted by Crippen LogP contribution is -2.09. The number of sulfonamides is 1. The van der Waals surface area contributed by atoms with Crippen molar-refractivity contribution in [3.8, 4) is 6.07 Å². The first-order valence-electron chi connectivity index (χ1n) is 4.45. The van der Waals surface area contributed by atoms with Gasteiger partial charge in [0.15, 0.2) is 0 Å². The molecule has 1 aromatic rings. The number of nitrogens with one attached hydrogen (secondary N) is 1. The molecular formula is C10H12N2O2S. The molecule has 0 saturated carbocycles. The van der Waals surface area contributed by atoms with Crippen LogP contribution in [0.3, 0.4) is 0 Å². The van der Waals surface area contributed by atoms with Crippen LogP contribution in [0.15, 0.2) is 24.3 Å². The molecule has 5 heteroatoms. The number of benzene rings is 1. The van der Waals surface area contributed by atoms with E-state index in [0.717, 1.165) is 11.8 Å². The summed E-state index contributed by atoms with van der Waals surface area (Å²) in [5, 5.41) is 8.42. The molecule has 0 bridgehead atoms. The highest BCUT2D eigenvalue weighted by molar-refractivity contribution is 7.92. The van der Waals surface area contributed by atoms with E-state index in [1.54, 1.807) is 18.2 Å². The summed E-state index contributed by atoms with van der Waals surface area (Å²) in [5.41, 5.74) is 1.48. The molecule has 0 spiro atoms. The Morgan fingerprint density at radius 1 is 1.47 bits per heavy atom. The second-order valence-electron chi connectivity index (χ2n) is 3.23. The highest BCUT2D eigenvalue weighted by atomic mass is 32.2. The van der Waals surface area contributed by atoms with Gasteiger partial charge in [0.05, 0.1) is 12.3 Å². The van der Waals surface area contributed by atoms with Gasteiger partial charge in [0.1, 0.15) is 0 Å². The Hall–Kier alpha value is -1.54. The van der Waals surface area contributed by atoms with Crippen molar-refractivity contribution in [1.82, 2.24) is 0 Å². The van der Waals surface area contributed by atoms with Gasteiger partial charge in [-0.25, -0.2) is 8.42 Å². The van der Waals surface area contributed by atoms with Crippen LogP contribution < -0.4 is 4.72 Å². The molecule has 0 atom stereocenters. The average Bonchev–Trinajstić information content (AvgIpc) is 2.12. The zero-order chi connectivity index (χ0) is 11.3. The lowest BCUT2D eigenvalue weighted by Gasteiger charge is -2.05. The molecule has 1 N–H and O–H groups in total. The van der Waals surface area contributed by atoms with Gasteiger partial charge in [0.2, 0.25) is 10.0 Å². The van der Waals surface area contributed by atoms with Gasteiger partial charge in [-0.3, -0.25) is 4.72 Å². The molecule has 15 heavy (non-hydrogen) atoms. The minimum Gasteiger partial charge on any atom is -0.284 e. The van der Waals surface area contributed by atoms with E-state index in [0.29, 0.717) is 18.5 Å². The molecule has 0 unspecified atom stereocenters. The number of nitriles is 1. The topological polar surface area (TPSA) is 70.0 Å². The summed E-state index contributed by atoms with van der Waals surface area (Å²) in [7, 11) is -3.23. The molecule has 80 valence electrons. The van der Waals surface area contributed by atoms with Crippen molar-refractivity contribution in [2.75, 3.05) is 11.0 Å². The Kier molecular flexibility index (Phi) is 3.69. The van der Waals surface area contributed by atoms with E-state index < -0.39 is 10.0 Å². The maximum Gasteiger partial charge on any atom is 0.229 e. The number of aryl methyl sites for hydroxylation is 1. The van der Waals surface area contributed by atoms with E-state index >= 15 is 0 Å². The molecule has 0 aliphatic heterocycles. The van der Waals surface area contributed by atoms with Gasteiger partial charge in [0, 0.05) is 12.1 Å². The van der Waals surface area contributed by atoms with Crippen LogP contribution in [0.2, 0.25) is 0 Å². The Morgan fingerprint density at radius 3 is 2.80 bits per heavy atom. The third-order valence-corrected chi connectivity index (χ3v) is 2.36. The maximum absolute atomic E-state index is 11.0. The normalized spacial score (nSPS) is 10.7. The van der Waals surface area contributed by atoms with Crippen molar-refractivity contribution in [3.63, 3.8) is 0 Å². The summed E-state index contributed by atoms with van der Waals surface area (Å²) in [6.07, 6.45) is 2.17. The molecule has 0 saturated heterocycles. The highest BCUT2D eigenvalue weighted by Gasteiger charge is 2.01. The highest BCUT2D eigenvalue weighted by Crippen LogP contribution is 2.13. The van der Waals surface area contributed by atoms with Gasteiger partial charge in [-0.1, -0.05) is 12.1 Å². The van der Waals surface area contributed by atoms with E-state index in [1.165, 1.54) is 0 Å². The number of rotatable bonds is 4. The van der Waals surface area contributed by atoms with Crippen LogP contribution in [-0.2, 0) is 16.4 Å². The molecule has 0 aromatic heterocycles. The molecule has 0 amide bonds. The summed E-state index contributed by atoms with van der Waals surface area (Å²) in [5.74, 6) is 0. The van der Waals surface area contributed by atoms with Gasteiger partial charge in [-0.05, 0) is 24.1 Å². The molecule has 1 rings (SSSR count). The van der Waals surface area contributed by atoms with Crippen molar-refractivity contribution in [2.45, 2.75) is 12.8 Å². The summed E-state index contributed by atoms with van der Waals surface area (Å²) in [6, 6.07) is 9.09. The lowest BCUT2D eigenvalue weighted by atomic mass is 10.1. The van der Waals surface area contributed by atoms with Crippen molar-refractivity contribution in [2.24, 2.45) is 0 Å². The van der Waals surface area contributed by atoms with Crippen LogP contribution in [0, 0.1) is 11.3 Å². The fourth-order valence-electron chi connectivity index (χ4n) is 1.20. The molecular weight excluding hydrogens is 212 g/mol. The zero-order valence-corrected chi connectivity index (χ0v) is 9.21. The predicted molar refractivity (Wildman–Crippen MR) is 58.8 cm³/mol. The molecule has 0 heterocycles. The first-order chi connectivity index (χ1) is 7.01. The van der Waals surface area contributed by atoms with E-state index in [9.17, 15) is 8.42 Å². The minimum absolute atomic E-state index is 0.433. The van der Waals surface area contributed by atoms with E-state index in [2.05, 4.69) is 4.72 Å². The molecule has 0 radical (unpaired) electrons. The molecule has 0 fully saturated rings. The third kappa shape index (κ3) is 4.47. The van der Waals surface area contributed by atoms with E-state index in [-0.39, 0.29) is 0 Å².